The van der Waals surface area contributed by atoms with Crippen molar-refractivity contribution in [3.63, 3.8) is 0 Å². The molecule has 1 N–H and O–H groups in total. The Morgan fingerprint density at radius 2 is 1.53 bits per heavy atom. The number of halogens is 2. The van der Waals surface area contributed by atoms with E-state index in [2.05, 4.69) is 21.2 Å². The predicted octanol–water partition coefficient (Wildman–Crippen LogP) is 5.50. The largest absolute Gasteiger partial charge is 0.494 e. The molecular weight excluding hydrogens is 524 g/mol. The Balaban J connectivity index is 1.45. The van der Waals surface area contributed by atoms with Gasteiger partial charge in [-0.1, -0.05) is 27.5 Å². The first-order valence-electron chi connectivity index (χ1n) is 10.2. The van der Waals surface area contributed by atoms with Crippen LogP contribution in [0.4, 0.5) is 11.4 Å². The fraction of sp³-hybridized carbons (Fsp3) is 0.0800. The number of hydrogen-bond donors (Lipinski definition) is 1. The maximum Gasteiger partial charge on any atom is 0.343 e. The number of nitrogens with one attached hydrogen (secondary N) is 1. The number of esters is 1. The number of imide groups is 1. The molecule has 1 aliphatic heterocycles. The minimum atomic E-state index is -0.631. The highest BCUT2D eigenvalue weighted by Gasteiger charge is 2.39. The Morgan fingerprint density at radius 3 is 2.15 bits per heavy atom. The van der Waals surface area contributed by atoms with Crippen LogP contribution in [-0.4, -0.2) is 24.4 Å². The third-order valence-electron chi connectivity index (χ3n) is 4.85. The highest BCUT2D eigenvalue weighted by Crippen LogP contribution is 2.31. The van der Waals surface area contributed by atoms with Crippen molar-refractivity contribution >= 4 is 56.7 Å². The molecule has 2 amide bonds. The van der Waals surface area contributed by atoms with Gasteiger partial charge in [-0.2, -0.15) is 0 Å². The van der Waals surface area contributed by atoms with Gasteiger partial charge in [0.05, 0.1) is 17.9 Å². The fourth-order valence-corrected chi connectivity index (χ4v) is 3.68. The van der Waals surface area contributed by atoms with E-state index in [-0.39, 0.29) is 10.7 Å². The van der Waals surface area contributed by atoms with Crippen LogP contribution in [0.1, 0.15) is 17.3 Å². The number of ether oxygens (including phenoxy) is 2. The average molecular weight is 542 g/mol. The first-order chi connectivity index (χ1) is 16.4. The van der Waals surface area contributed by atoms with E-state index in [9.17, 15) is 14.4 Å². The van der Waals surface area contributed by atoms with Gasteiger partial charge in [0.2, 0.25) is 0 Å². The van der Waals surface area contributed by atoms with E-state index in [1.807, 2.05) is 6.92 Å². The maximum atomic E-state index is 12.9. The van der Waals surface area contributed by atoms with Crippen LogP contribution in [0.25, 0.3) is 0 Å². The lowest BCUT2D eigenvalue weighted by Crippen LogP contribution is -2.32. The summed E-state index contributed by atoms with van der Waals surface area (Å²) >= 11 is 9.51. The van der Waals surface area contributed by atoms with Crippen molar-refractivity contribution in [2.45, 2.75) is 6.92 Å². The summed E-state index contributed by atoms with van der Waals surface area (Å²) in [6, 6.07) is 19.7. The molecule has 0 aliphatic carbocycles. The molecule has 0 spiro atoms. The van der Waals surface area contributed by atoms with Gasteiger partial charge in [-0.3, -0.25) is 9.59 Å². The number of benzene rings is 3. The van der Waals surface area contributed by atoms with Crippen molar-refractivity contribution in [3.8, 4) is 11.5 Å². The molecular formula is C25H18BrClN2O5. The predicted molar refractivity (Wildman–Crippen MR) is 132 cm³/mol. The van der Waals surface area contributed by atoms with E-state index in [1.165, 1.54) is 0 Å². The monoisotopic (exact) mass is 540 g/mol. The highest BCUT2D eigenvalue weighted by atomic mass is 79.9. The van der Waals surface area contributed by atoms with Gasteiger partial charge in [-0.05, 0) is 79.7 Å². The standard InChI is InChI=1S/C25H18BrClN2O5/c1-2-33-19-13-9-18(10-14-19)29-23(30)21(27)22(24(29)31)28-17-7-3-15(4-8-17)25(32)34-20-11-5-16(26)6-12-20/h3-14,28H,2H2,1H3. The minimum Gasteiger partial charge on any atom is -0.494 e. The number of carbonyl (C=O) groups excluding carboxylic acids is 3. The molecule has 0 bridgehead atoms. The molecule has 1 aliphatic rings. The van der Waals surface area contributed by atoms with Gasteiger partial charge in [0.15, 0.2) is 0 Å². The van der Waals surface area contributed by atoms with E-state index in [0.717, 1.165) is 9.37 Å². The Labute approximate surface area is 209 Å². The molecule has 0 saturated carbocycles. The number of rotatable bonds is 7. The summed E-state index contributed by atoms with van der Waals surface area (Å²) in [5.41, 5.74) is 1.12. The number of amides is 2. The molecule has 1 heterocycles. The minimum absolute atomic E-state index is 0.0502. The van der Waals surface area contributed by atoms with E-state index in [4.69, 9.17) is 21.1 Å². The van der Waals surface area contributed by atoms with Crippen molar-refractivity contribution in [1.82, 2.24) is 0 Å². The third-order valence-corrected chi connectivity index (χ3v) is 5.73. The third kappa shape index (κ3) is 4.98. The lowest BCUT2D eigenvalue weighted by Gasteiger charge is -2.15. The molecule has 4 rings (SSSR count). The van der Waals surface area contributed by atoms with Crippen molar-refractivity contribution in [3.05, 3.63) is 93.6 Å². The van der Waals surface area contributed by atoms with E-state index in [0.29, 0.717) is 35.0 Å². The quantitative estimate of drug-likeness (QED) is 0.241. The normalized spacial score (nSPS) is 13.3. The molecule has 0 unspecified atom stereocenters. The van der Waals surface area contributed by atoms with Crippen LogP contribution in [0.2, 0.25) is 0 Å². The molecule has 0 atom stereocenters. The van der Waals surface area contributed by atoms with E-state index in [1.54, 1.807) is 72.8 Å². The molecule has 172 valence electrons. The molecule has 3 aromatic rings. The molecule has 0 fully saturated rings. The summed E-state index contributed by atoms with van der Waals surface area (Å²) in [5.74, 6) is -0.705. The second-order valence-electron chi connectivity index (χ2n) is 7.11. The second-order valence-corrected chi connectivity index (χ2v) is 8.40. The number of carbonyl (C=O) groups is 3. The van der Waals surface area contributed by atoms with Crippen LogP contribution in [0.3, 0.4) is 0 Å². The van der Waals surface area contributed by atoms with Gasteiger partial charge in [0, 0.05) is 10.2 Å². The number of anilines is 2. The Bertz CT molecular complexity index is 1270. The Hall–Kier alpha value is -3.62. The van der Waals surface area contributed by atoms with Gasteiger partial charge in [0.1, 0.15) is 22.2 Å². The second kappa shape index (κ2) is 10.1. The molecule has 0 radical (unpaired) electrons. The summed E-state index contributed by atoms with van der Waals surface area (Å²) in [5, 5.41) is 2.65. The summed E-state index contributed by atoms with van der Waals surface area (Å²) in [4.78, 5) is 38.9. The van der Waals surface area contributed by atoms with Crippen LogP contribution in [0.5, 0.6) is 11.5 Å². The number of nitrogens with zero attached hydrogens (tertiary/aromatic N) is 1. The zero-order valence-corrected chi connectivity index (χ0v) is 20.2. The van der Waals surface area contributed by atoms with E-state index < -0.39 is 17.8 Å². The summed E-state index contributed by atoms with van der Waals surface area (Å²) < 4.78 is 11.6. The van der Waals surface area contributed by atoms with E-state index >= 15 is 0 Å². The summed E-state index contributed by atoms with van der Waals surface area (Å²) in [6.07, 6.45) is 0. The van der Waals surface area contributed by atoms with Gasteiger partial charge in [-0.25, -0.2) is 9.69 Å². The van der Waals surface area contributed by atoms with Crippen LogP contribution in [0, 0.1) is 0 Å². The lowest BCUT2D eigenvalue weighted by molar-refractivity contribution is -0.120. The molecule has 34 heavy (non-hydrogen) atoms. The first-order valence-corrected chi connectivity index (χ1v) is 11.4. The number of hydrogen-bond acceptors (Lipinski definition) is 6. The lowest BCUT2D eigenvalue weighted by atomic mass is 10.2. The Morgan fingerprint density at radius 1 is 0.912 bits per heavy atom. The topological polar surface area (TPSA) is 84.9 Å². The molecule has 0 saturated heterocycles. The molecule has 9 heteroatoms. The fourth-order valence-electron chi connectivity index (χ4n) is 3.21. The van der Waals surface area contributed by atoms with Gasteiger partial charge < -0.3 is 14.8 Å². The summed E-state index contributed by atoms with van der Waals surface area (Å²) in [6.45, 7) is 2.37. The van der Waals surface area contributed by atoms with Crippen LogP contribution >= 0.6 is 27.5 Å². The maximum absolute atomic E-state index is 12.9. The van der Waals surface area contributed by atoms with Crippen LogP contribution < -0.4 is 19.7 Å². The first kappa shape index (κ1) is 23.5. The SMILES string of the molecule is CCOc1ccc(N2C(=O)C(Cl)=C(Nc3ccc(C(=O)Oc4ccc(Br)cc4)cc3)C2=O)cc1. The van der Waals surface area contributed by atoms with Crippen molar-refractivity contribution < 1.29 is 23.9 Å². The zero-order chi connectivity index (χ0) is 24.2. The molecule has 7 nitrogen and oxygen atoms in total. The average Bonchev–Trinajstić information content (AvgIpc) is 3.05. The highest BCUT2D eigenvalue weighted by molar-refractivity contribution is 9.10. The van der Waals surface area contributed by atoms with Crippen LogP contribution in [-0.2, 0) is 9.59 Å². The summed E-state index contributed by atoms with van der Waals surface area (Å²) in [7, 11) is 0. The molecule has 3 aromatic carbocycles. The smallest absolute Gasteiger partial charge is 0.343 e. The molecule has 0 aromatic heterocycles. The van der Waals surface area contributed by atoms with Crippen molar-refractivity contribution in [2.75, 3.05) is 16.8 Å². The zero-order valence-electron chi connectivity index (χ0n) is 17.9. The van der Waals surface area contributed by atoms with Gasteiger partial charge >= 0.3 is 5.97 Å². The Kier molecular flexibility index (Phi) is 7.00. The van der Waals surface area contributed by atoms with Crippen molar-refractivity contribution in [2.24, 2.45) is 0 Å². The van der Waals surface area contributed by atoms with Gasteiger partial charge in [0.25, 0.3) is 11.8 Å². The van der Waals surface area contributed by atoms with Crippen LogP contribution in [0.15, 0.2) is 88.0 Å². The van der Waals surface area contributed by atoms with Crippen molar-refractivity contribution in [1.29, 1.82) is 0 Å². The van der Waals surface area contributed by atoms with Gasteiger partial charge in [-0.15, -0.1) is 0 Å².